The molecular formula is C24H19BrN4O2S. The van der Waals surface area contributed by atoms with Crippen molar-refractivity contribution in [3.63, 3.8) is 0 Å². The molecule has 3 heterocycles. The van der Waals surface area contributed by atoms with E-state index >= 15 is 0 Å². The van der Waals surface area contributed by atoms with E-state index < -0.39 is 6.23 Å². The summed E-state index contributed by atoms with van der Waals surface area (Å²) in [5.74, 6) is 0.311. The molecule has 32 heavy (non-hydrogen) atoms. The van der Waals surface area contributed by atoms with Crippen LogP contribution in [0.15, 0.2) is 87.9 Å². The summed E-state index contributed by atoms with van der Waals surface area (Å²) in [6.45, 7) is 1.49. The predicted octanol–water partition coefficient (Wildman–Crippen LogP) is 5.80. The Balaban J connectivity index is 1.55. The molecule has 2 aromatic carbocycles. The van der Waals surface area contributed by atoms with Gasteiger partial charge in [0.1, 0.15) is 5.69 Å². The summed E-state index contributed by atoms with van der Waals surface area (Å²) in [7, 11) is 0. The molecule has 8 heteroatoms. The zero-order chi connectivity index (χ0) is 22.1. The van der Waals surface area contributed by atoms with E-state index in [0.29, 0.717) is 12.3 Å². The second-order valence-electron chi connectivity index (χ2n) is 7.31. The Hall–Kier alpha value is -3.23. The number of carbonyl (C=O) groups excluding carboxylic acids is 1. The molecule has 5 rings (SSSR count). The molecule has 0 aliphatic carbocycles. The lowest BCUT2D eigenvalue weighted by Crippen LogP contribution is -2.25. The molecule has 0 spiro atoms. The van der Waals surface area contributed by atoms with Crippen molar-refractivity contribution in [3.8, 4) is 16.3 Å². The van der Waals surface area contributed by atoms with Crippen LogP contribution in [0.25, 0.3) is 16.3 Å². The lowest BCUT2D eigenvalue weighted by Gasteiger charge is -2.18. The first-order valence-corrected chi connectivity index (χ1v) is 11.7. The monoisotopic (exact) mass is 506 g/mol. The van der Waals surface area contributed by atoms with Crippen molar-refractivity contribution in [3.05, 3.63) is 93.9 Å². The number of thiophene rings is 1. The molecule has 160 valence electrons. The van der Waals surface area contributed by atoms with Gasteiger partial charge in [0.2, 0.25) is 18.0 Å². The molecule has 6 nitrogen and oxygen atoms in total. The third-order valence-corrected chi connectivity index (χ3v) is 6.68. The van der Waals surface area contributed by atoms with Crippen molar-refractivity contribution < 1.29 is 9.53 Å². The summed E-state index contributed by atoms with van der Waals surface area (Å²) in [5.41, 5.74) is 3.54. The number of nitrogens with zero attached hydrogens (tertiary/aromatic N) is 4. The Kier molecular flexibility index (Phi) is 5.63. The number of halogens is 1. The second-order valence-corrected chi connectivity index (χ2v) is 9.77. The minimum Gasteiger partial charge on any atom is -0.449 e. The van der Waals surface area contributed by atoms with Crippen LogP contribution in [0.5, 0.6) is 0 Å². The van der Waals surface area contributed by atoms with Crippen LogP contribution in [-0.2, 0) is 16.0 Å². The smallest absolute Gasteiger partial charge is 0.243 e. The van der Waals surface area contributed by atoms with Gasteiger partial charge in [0.05, 0.1) is 26.3 Å². The van der Waals surface area contributed by atoms with Crippen LogP contribution < -0.4 is 0 Å². The quantitative estimate of drug-likeness (QED) is 0.343. The van der Waals surface area contributed by atoms with E-state index in [4.69, 9.17) is 9.84 Å². The van der Waals surface area contributed by atoms with Gasteiger partial charge in [0.25, 0.3) is 0 Å². The standard InChI is InChI=1S/C24H19BrN4O2S/c1-16(30)29-24(31-22(26-29)14-17-8-4-2-5-9-17)19-15-28(18-10-6-3-7-11-18)27-23(19)20-12-13-21(25)32-20/h2-13,15,24H,14H2,1H3. The number of ether oxygens (including phenoxy) is 1. The highest BCUT2D eigenvalue weighted by atomic mass is 79.9. The highest BCUT2D eigenvalue weighted by Gasteiger charge is 2.36. The Labute approximate surface area is 197 Å². The number of hydrazone groups is 1. The van der Waals surface area contributed by atoms with Gasteiger partial charge in [0, 0.05) is 13.1 Å². The number of amides is 1. The van der Waals surface area contributed by atoms with Gasteiger partial charge in [-0.05, 0) is 45.8 Å². The molecule has 1 atom stereocenters. The zero-order valence-corrected chi connectivity index (χ0v) is 19.6. The van der Waals surface area contributed by atoms with Crippen LogP contribution in [0.3, 0.4) is 0 Å². The van der Waals surface area contributed by atoms with Gasteiger partial charge >= 0.3 is 0 Å². The number of benzene rings is 2. The van der Waals surface area contributed by atoms with E-state index in [-0.39, 0.29) is 5.91 Å². The lowest BCUT2D eigenvalue weighted by atomic mass is 10.1. The number of aromatic nitrogens is 2. The van der Waals surface area contributed by atoms with Crippen LogP contribution in [-0.4, -0.2) is 26.6 Å². The number of carbonyl (C=O) groups is 1. The Morgan fingerprint density at radius 3 is 2.44 bits per heavy atom. The molecular weight excluding hydrogens is 488 g/mol. The van der Waals surface area contributed by atoms with Crippen molar-refractivity contribution >= 4 is 39.1 Å². The maximum absolute atomic E-state index is 12.5. The molecule has 0 N–H and O–H groups in total. The summed E-state index contributed by atoms with van der Waals surface area (Å²) < 4.78 is 9.06. The minimum absolute atomic E-state index is 0.191. The van der Waals surface area contributed by atoms with Crippen LogP contribution in [0.2, 0.25) is 0 Å². The van der Waals surface area contributed by atoms with Gasteiger partial charge in [-0.15, -0.1) is 16.4 Å². The molecule has 0 saturated carbocycles. The van der Waals surface area contributed by atoms with Gasteiger partial charge in [0.15, 0.2) is 0 Å². The summed E-state index contributed by atoms with van der Waals surface area (Å²) in [5, 5.41) is 10.7. The van der Waals surface area contributed by atoms with Gasteiger partial charge in [-0.25, -0.2) is 4.68 Å². The molecule has 1 aliphatic rings. The van der Waals surface area contributed by atoms with E-state index in [1.165, 1.54) is 11.9 Å². The van der Waals surface area contributed by atoms with Crippen LogP contribution in [0.4, 0.5) is 0 Å². The van der Waals surface area contributed by atoms with E-state index in [2.05, 4.69) is 21.0 Å². The fourth-order valence-electron chi connectivity index (χ4n) is 3.57. The van der Waals surface area contributed by atoms with Crippen molar-refractivity contribution in [2.24, 2.45) is 5.10 Å². The predicted molar refractivity (Wildman–Crippen MR) is 129 cm³/mol. The number of hydrogen-bond acceptors (Lipinski definition) is 5. The zero-order valence-electron chi connectivity index (χ0n) is 17.2. The molecule has 1 amide bonds. The minimum atomic E-state index is -0.681. The van der Waals surface area contributed by atoms with Crippen LogP contribution in [0.1, 0.15) is 24.3 Å². The first-order chi connectivity index (χ1) is 15.6. The molecule has 0 saturated heterocycles. The Morgan fingerprint density at radius 1 is 1.06 bits per heavy atom. The fraction of sp³-hybridized carbons (Fsp3) is 0.125. The van der Waals surface area contributed by atoms with E-state index in [0.717, 1.165) is 31.2 Å². The average molecular weight is 507 g/mol. The third kappa shape index (κ3) is 4.11. The molecule has 0 radical (unpaired) electrons. The molecule has 1 unspecified atom stereocenters. The van der Waals surface area contributed by atoms with Crippen molar-refractivity contribution in [2.75, 3.05) is 0 Å². The van der Waals surface area contributed by atoms with E-state index in [1.54, 1.807) is 11.3 Å². The largest absolute Gasteiger partial charge is 0.449 e. The number of hydrogen-bond donors (Lipinski definition) is 0. The molecule has 4 aromatic rings. The second kappa shape index (κ2) is 8.72. The Bertz CT molecular complexity index is 1280. The highest BCUT2D eigenvalue weighted by Crippen LogP contribution is 2.39. The average Bonchev–Trinajstić information content (AvgIpc) is 3.53. The maximum atomic E-state index is 12.5. The van der Waals surface area contributed by atoms with Crippen molar-refractivity contribution in [2.45, 2.75) is 19.6 Å². The van der Waals surface area contributed by atoms with Crippen LogP contribution >= 0.6 is 27.3 Å². The van der Waals surface area contributed by atoms with E-state index in [9.17, 15) is 4.79 Å². The van der Waals surface area contributed by atoms with Crippen molar-refractivity contribution in [1.29, 1.82) is 0 Å². The first-order valence-electron chi connectivity index (χ1n) is 10.1. The first kappa shape index (κ1) is 20.7. The summed E-state index contributed by atoms with van der Waals surface area (Å²) >= 11 is 5.12. The third-order valence-electron chi connectivity index (χ3n) is 5.05. The maximum Gasteiger partial charge on any atom is 0.243 e. The summed E-state index contributed by atoms with van der Waals surface area (Å²) in [6, 6.07) is 23.8. The SMILES string of the molecule is CC(=O)N1N=C(Cc2ccccc2)OC1c1cn(-c2ccccc2)nc1-c1ccc(Br)s1. The normalized spacial score (nSPS) is 15.5. The lowest BCUT2D eigenvalue weighted by molar-refractivity contribution is -0.135. The number of para-hydroxylation sites is 1. The van der Waals surface area contributed by atoms with E-state index in [1.807, 2.05) is 83.7 Å². The summed E-state index contributed by atoms with van der Waals surface area (Å²) in [6.07, 6.45) is 1.74. The number of rotatable bonds is 5. The molecule has 2 aromatic heterocycles. The molecule has 0 fully saturated rings. The highest BCUT2D eigenvalue weighted by molar-refractivity contribution is 9.11. The van der Waals surface area contributed by atoms with Gasteiger partial charge in [-0.3, -0.25) is 4.79 Å². The van der Waals surface area contributed by atoms with Crippen LogP contribution in [0, 0.1) is 0 Å². The summed E-state index contributed by atoms with van der Waals surface area (Å²) in [4.78, 5) is 13.4. The topological polar surface area (TPSA) is 59.7 Å². The van der Waals surface area contributed by atoms with Crippen molar-refractivity contribution in [1.82, 2.24) is 14.8 Å². The van der Waals surface area contributed by atoms with Gasteiger partial charge in [-0.1, -0.05) is 48.5 Å². The van der Waals surface area contributed by atoms with Gasteiger partial charge in [-0.2, -0.15) is 10.1 Å². The molecule has 0 bridgehead atoms. The fourth-order valence-corrected chi connectivity index (χ4v) is 4.96. The Morgan fingerprint density at radius 2 is 1.78 bits per heavy atom. The van der Waals surface area contributed by atoms with Gasteiger partial charge < -0.3 is 4.74 Å². The molecule has 1 aliphatic heterocycles.